The monoisotopic (exact) mass is 444 g/mol. The van der Waals surface area contributed by atoms with Crippen LogP contribution in [0, 0.1) is 0 Å². The standard InChI is InChI=1S/C25H28N6O2/c1-2-30-23(14-27-25(30)29-13-7-8-17(26)15-29)24(32)31(33)16-22-20-11-4-3-9-18(20)19-10-5-6-12-21(19)28-22/h3-6,9-12,14,17,33H,2,7-8,13,15-16,26H2,1H3. The highest BCUT2D eigenvalue weighted by atomic mass is 16.5. The van der Waals surface area contributed by atoms with Crippen LogP contribution < -0.4 is 10.6 Å². The Labute approximate surface area is 192 Å². The van der Waals surface area contributed by atoms with E-state index < -0.39 is 5.91 Å². The largest absolute Gasteiger partial charge is 0.341 e. The number of amides is 1. The van der Waals surface area contributed by atoms with Gasteiger partial charge in [0.1, 0.15) is 5.69 Å². The molecule has 3 N–H and O–H groups in total. The van der Waals surface area contributed by atoms with E-state index in [2.05, 4.69) is 9.88 Å². The van der Waals surface area contributed by atoms with Gasteiger partial charge in [0.05, 0.1) is 24.0 Å². The topological polar surface area (TPSA) is 101 Å². The Balaban J connectivity index is 1.46. The summed E-state index contributed by atoms with van der Waals surface area (Å²) >= 11 is 0. The van der Waals surface area contributed by atoms with E-state index in [9.17, 15) is 10.0 Å². The number of hydroxylamine groups is 2. The summed E-state index contributed by atoms with van der Waals surface area (Å²) in [6, 6.07) is 15.9. The van der Waals surface area contributed by atoms with Gasteiger partial charge in [-0.15, -0.1) is 0 Å². The summed E-state index contributed by atoms with van der Waals surface area (Å²) in [5, 5.41) is 14.5. The van der Waals surface area contributed by atoms with Crippen molar-refractivity contribution in [3.05, 3.63) is 66.1 Å². The van der Waals surface area contributed by atoms with Crippen molar-refractivity contribution in [3.63, 3.8) is 0 Å². The van der Waals surface area contributed by atoms with Gasteiger partial charge in [0.25, 0.3) is 5.91 Å². The number of benzene rings is 2. The fraction of sp³-hybridized carbons (Fsp3) is 0.320. The minimum atomic E-state index is -0.504. The molecule has 1 atom stereocenters. The maximum atomic E-state index is 13.2. The summed E-state index contributed by atoms with van der Waals surface area (Å²) in [4.78, 5) is 24.6. The van der Waals surface area contributed by atoms with Gasteiger partial charge in [-0.2, -0.15) is 0 Å². The van der Waals surface area contributed by atoms with Gasteiger partial charge < -0.3 is 15.2 Å². The lowest BCUT2D eigenvalue weighted by atomic mass is 10.0. The van der Waals surface area contributed by atoms with Crippen LogP contribution in [0.4, 0.5) is 5.95 Å². The third-order valence-electron chi connectivity index (χ3n) is 6.33. The summed E-state index contributed by atoms with van der Waals surface area (Å²) in [6.45, 7) is 4.07. The molecule has 1 unspecified atom stereocenters. The fourth-order valence-corrected chi connectivity index (χ4v) is 4.73. The molecule has 0 spiro atoms. The number of rotatable bonds is 5. The van der Waals surface area contributed by atoms with Gasteiger partial charge in [-0.05, 0) is 31.2 Å². The predicted molar refractivity (Wildman–Crippen MR) is 128 cm³/mol. The number of carbonyl (C=O) groups excluding carboxylic acids is 1. The lowest BCUT2D eigenvalue weighted by Gasteiger charge is -2.32. The normalized spacial score (nSPS) is 16.5. The number of pyridine rings is 1. The number of carbonyl (C=O) groups is 1. The SMILES string of the molecule is CCn1c(C(=O)N(O)Cc2nc3ccccc3c3ccccc23)cnc1N1CCCC(N)C1. The second kappa shape index (κ2) is 8.80. The van der Waals surface area contributed by atoms with Gasteiger partial charge in [0.2, 0.25) is 5.95 Å². The van der Waals surface area contributed by atoms with Gasteiger partial charge in [-0.25, -0.2) is 10.0 Å². The average Bonchev–Trinajstić information content (AvgIpc) is 3.28. The number of para-hydroxylation sites is 1. The molecule has 0 radical (unpaired) electrons. The van der Waals surface area contributed by atoms with E-state index in [4.69, 9.17) is 10.7 Å². The first-order valence-electron chi connectivity index (χ1n) is 11.4. The van der Waals surface area contributed by atoms with E-state index in [0.29, 0.717) is 24.5 Å². The zero-order chi connectivity index (χ0) is 22.9. The van der Waals surface area contributed by atoms with Crippen molar-refractivity contribution in [1.82, 2.24) is 19.6 Å². The van der Waals surface area contributed by atoms with E-state index in [1.54, 1.807) is 0 Å². The van der Waals surface area contributed by atoms with Crippen LogP contribution in [-0.4, -0.2) is 49.8 Å². The molecule has 4 aromatic rings. The smallest absolute Gasteiger partial charge is 0.295 e. The molecule has 3 heterocycles. The quantitative estimate of drug-likeness (QED) is 0.277. The van der Waals surface area contributed by atoms with Crippen molar-refractivity contribution in [2.75, 3.05) is 18.0 Å². The first-order valence-corrected chi connectivity index (χ1v) is 11.4. The highest BCUT2D eigenvalue weighted by Crippen LogP contribution is 2.27. The lowest BCUT2D eigenvalue weighted by molar-refractivity contribution is -0.0659. The number of hydrogen-bond donors (Lipinski definition) is 2. The molecular weight excluding hydrogens is 416 g/mol. The summed E-state index contributed by atoms with van der Waals surface area (Å²) in [7, 11) is 0. The van der Waals surface area contributed by atoms with Crippen molar-refractivity contribution in [2.45, 2.75) is 38.9 Å². The highest BCUT2D eigenvalue weighted by Gasteiger charge is 2.26. The number of nitrogens with zero attached hydrogens (tertiary/aromatic N) is 5. The molecule has 8 heteroatoms. The molecule has 170 valence electrons. The first-order chi connectivity index (χ1) is 16.1. The molecule has 0 aliphatic carbocycles. The van der Waals surface area contributed by atoms with Crippen molar-refractivity contribution >= 4 is 33.5 Å². The second-order valence-corrected chi connectivity index (χ2v) is 8.52. The number of imidazole rings is 1. The Morgan fingerprint density at radius 1 is 1.15 bits per heavy atom. The van der Waals surface area contributed by atoms with Crippen LogP contribution in [0.5, 0.6) is 0 Å². The van der Waals surface area contributed by atoms with Crippen molar-refractivity contribution < 1.29 is 10.0 Å². The molecule has 0 saturated carbocycles. The molecule has 33 heavy (non-hydrogen) atoms. The molecule has 1 fully saturated rings. The molecule has 8 nitrogen and oxygen atoms in total. The minimum absolute atomic E-state index is 0.0248. The van der Waals surface area contributed by atoms with Crippen LogP contribution >= 0.6 is 0 Å². The molecule has 0 bridgehead atoms. The van der Waals surface area contributed by atoms with E-state index in [0.717, 1.165) is 52.1 Å². The van der Waals surface area contributed by atoms with Crippen molar-refractivity contribution in [3.8, 4) is 0 Å². The first kappa shape index (κ1) is 21.4. The zero-order valence-electron chi connectivity index (χ0n) is 18.7. The number of anilines is 1. The van der Waals surface area contributed by atoms with Crippen LogP contribution in [0.25, 0.3) is 21.7 Å². The molecule has 2 aromatic carbocycles. The summed E-state index contributed by atoms with van der Waals surface area (Å²) < 4.78 is 1.84. The molecular formula is C25H28N6O2. The Kier molecular flexibility index (Phi) is 5.70. The Hall–Kier alpha value is -3.49. The number of aromatic nitrogens is 3. The number of nitrogens with two attached hydrogens (primary N) is 1. The third-order valence-corrected chi connectivity index (χ3v) is 6.33. The van der Waals surface area contributed by atoms with Crippen molar-refractivity contribution in [2.24, 2.45) is 5.73 Å². The molecule has 1 aliphatic rings. The Bertz CT molecular complexity index is 1320. The summed E-state index contributed by atoms with van der Waals surface area (Å²) in [5.41, 5.74) is 7.96. The fourth-order valence-electron chi connectivity index (χ4n) is 4.73. The third kappa shape index (κ3) is 3.92. The Morgan fingerprint density at radius 3 is 2.64 bits per heavy atom. The molecule has 5 rings (SSSR count). The predicted octanol–water partition coefficient (Wildman–Crippen LogP) is 3.56. The van der Waals surface area contributed by atoms with Gasteiger partial charge in [0.15, 0.2) is 0 Å². The Morgan fingerprint density at radius 2 is 1.88 bits per heavy atom. The number of hydrogen-bond acceptors (Lipinski definition) is 6. The van der Waals surface area contributed by atoms with Crippen molar-refractivity contribution in [1.29, 1.82) is 0 Å². The van der Waals surface area contributed by atoms with Crippen LogP contribution in [0.15, 0.2) is 54.7 Å². The zero-order valence-corrected chi connectivity index (χ0v) is 18.7. The molecule has 1 saturated heterocycles. The molecule has 1 amide bonds. The second-order valence-electron chi connectivity index (χ2n) is 8.52. The molecule has 2 aromatic heterocycles. The van der Waals surface area contributed by atoms with E-state index in [1.807, 2.05) is 60.0 Å². The highest BCUT2D eigenvalue weighted by molar-refractivity contribution is 6.06. The lowest BCUT2D eigenvalue weighted by Crippen LogP contribution is -2.44. The maximum absolute atomic E-state index is 13.2. The number of piperidine rings is 1. The average molecular weight is 445 g/mol. The minimum Gasteiger partial charge on any atom is -0.341 e. The van der Waals surface area contributed by atoms with Gasteiger partial charge >= 0.3 is 0 Å². The molecule has 1 aliphatic heterocycles. The van der Waals surface area contributed by atoms with Gasteiger partial charge in [-0.3, -0.25) is 15.0 Å². The number of fused-ring (bicyclic) bond motifs is 3. The van der Waals surface area contributed by atoms with Crippen LogP contribution in [0.2, 0.25) is 0 Å². The van der Waals surface area contributed by atoms with Crippen LogP contribution in [0.1, 0.15) is 35.9 Å². The summed E-state index contributed by atoms with van der Waals surface area (Å²) in [6.07, 6.45) is 3.52. The summed E-state index contributed by atoms with van der Waals surface area (Å²) in [5.74, 6) is 0.217. The van der Waals surface area contributed by atoms with Gasteiger partial charge in [0, 0.05) is 36.4 Å². The van der Waals surface area contributed by atoms with E-state index >= 15 is 0 Å². The van der Waals surface area contributed by atoms with Crippen LogP contribution in [0.3, 0.4) is 0 Å². The maximum Gasteiger partial charge on any atom is 0.295 e. The van der Waals surface area contributed by atoms with E-state index in [-0.39, 0.29) is 12.6 Å². The van der Waals surface area contributed by atoms with E-state index in [1.165, 1.54) is 6.20 Å². The van der Waals surface area contributed by atoms with Gasteiger partial charge in [-0.1, -0.05) is 42.5 Å². The van der Waals surface area contributed by atoms with Crippen LogP contribution in [-0.2, 0) is 13.1 Å².